The molecule has 0 radical (unpaired) electrons. The van der Waals surface area contributed by atoms with Gasteiger partial charge in [-0.15, -0.1) is 0 Å². The van der Waals surface area contributed by atoms with Crippen molar-refractivity contribution in [3.63, 3.8) is 0 Å². The monoisotopic (exact) mass is 276 g/mol. The van der Waals surface area contributed by atoms with Crippen LogP contribution in [0.1, 0.15) is 62.9 Å². The number of hydrogen-bond acceptors (Lipinski definition) is 4. The van der Waals surface area contributed by atoms with Gasteiger partial charge in [-0.05, 0) is 32.3 Å². The number of rotatable bonds is 5. The van der Waals surface area contributed by atoms with Crippen LogP contribution in [-0.4, -0.2) is 28.0 Å². The van der Waals surface area contributed by atoms with Crippen LogP contribution >= 0.6 is 0 Å². The number of anilines is 1. The molecule has 20 heavy (non-hydrogen) atoms. The Morgan fingerprint density at radius 3 is 2.85 bits per heavy atom. The lowest BCUT2D eigenvalue weighted by molar-refractivity contribution is 0.0934. The lowest BCUT2D eigenvalue weighted by atomic mass is 9.96. The van der Waals surface area contributed by atoms with E-state index in [1.165, 1.54) is 19.3 Å². The van der Waals surface area contributed by atoms with E-state index in [0.29, 0.717) is 17.7 Å². The van der Waals surface area contributed by atoms with Crippen LogP contribution in [0.5, 0.6) is 0 Å². The molecule has 1 atom stereocenters. The molecule has 1 fully saturated rings. The van der Waals surface area contributed by atoms with Gasteiger partial charge in [0.2, 0.25) is 5.95 Å². The first-order valence-corrected chi connectivity index (χ1v) is 7.59. The molecule has 0 saturated heterocycles. The highest BCUT2D eigenvalue weighted by Crippen LogP contribution is 2.20. The Kier molecular flexibility index (Phi) is 5.32. The summed E-state index contributed by atoms with van der Waals surface area (Å²) in [5.74, 6) is 0.433. The molecule has 110 valence electrons. The van der Waals surface area contributed by atoms with Gasteiger partial charge in [-0.25, -0.2) is 9.97 Å². The maximum Gasteiger partial charge on any atom is 0.270 e. The highest BCUT2D eigenvalue weighted by atomic mass is 16.1. The van der Waals surface area contributed by atoms with Crippen molar-refractivity contribution in [3.8, 4) is 0 Å². The molecule has 1 aromatic rings. The molecule has 1 amide bonds. The van der Waals surface area contributed by atoms with Crippen molar-refractivity contribution >= 4 is 11.9 Å². The number of nitrogens with one attached hydrogen (secondary N) is 2. The van der Waals surface area contributed by atoms with Crippen molar-refractivity contribution in [1.82, 2.24) is 15.3 Å². The lowest BCUT2D eigenvalue weighted by Crippen LogP contribution is -2.33. The first kappa shape index (κ1) is 14.8. The van der Waals surface area contributed by atoms with Crippen molar-refractivity contribution < 1.29 is 4.79 Å². The molecule has 1 unspecified atom stereocenters. The van der Waals surface area contributed by atoms with Crippen molar-refractivity contribution in [2.24, 2.45) is 0 Å². The molecule has 1 aliphatic carbocycles. The van der Waals surface area contributed by atoms with Gasteiger partial charge in [-0.3, -0.25) is 4.79 Å². The highest BCUT2D eigenvalue weighted by Gasteiger charge is 2.15. The zero-order chi connectivity index (χ0) is 14.4. The lowest BCUT2D eigenvalue weighted by Gasteiger charge is -2.22. The Hall–Kier alpha value is -1.65. The van der Waals surface area contributed by atoms with Crippen LogP contribution in [0, 0.1) is 0 Å². The SMILES string of the molecule is CCC(C)NC(=O)c1ccnc(NC2CCCCC2)n1. The second-order valence-corrected chi connectivity index (χ2v) is 5.53. The van der Waals surface area contributed by atoms with Crippen LogP contribution in [-0.2, 0) is 0 Å². The normalized spacial score (nSPS) is 17.5. The topological polar surface area (TPSA) is 66.9 Å². The Balaban J connectivity index is 1.97. The Morgan fingerprint density at radius 1 is 1.40 bits per heavy atom. The second kappa shape index (κ2) is 7.22. The summed E-state index contributed by atoms with van der Waals surface area (Å²) in [5, 5.41) is 6.26. The summed E-state index contributed by atoms with van der Waals surface area (Å²) >= 11 is 0. The van der Waals surface area contributed by atoms with Gasteiger partial charge in [-0.2, -0.15) is 0 Å². The summed E-state index contributed by atoms with van der Waals surface area (Å²) in [4.78, 5) is 20.6. The number of nitrogens with zero attached hydrogens (tertiary/aromatic N) is 2. The maximum absolute atomic E-state index is 12.0. The first-order chi connectivity index (χ1) is 9.69. The van der Waals surface area contributed by atoms with Gasteiger partial charge in [0.25, 0.3) is 5.91 Å². The van der Waals surface area contributed by atoms with E-state index in [4.69, 9.17) is 0 Å². The minimum Gasteiger partial charge on any atom is -0.351 e. The van der Waals surface area contributed by atoms with Crippen LogP contribution in [0.3, 0.4) is 0 Å². The molecular formula is C15H24N4O. The fraction of sp³-hybridized carbons (Fsp3) is 0.667. The quantitative estimate of drug-likeness (QED) is 0.867. The molecule has 2 N–H and O–H groups in total. The number of carbonyl (C=O) groups excluding carboxylic acids is 1. The molecule has 0 aromatic carbocycles. The summed E-state index contributed by atoms with van der Waals surface area (Å²) < 4.78 is 0. The van der Waals surface area contributed by atoms with Crippen LogP contribution in [0.2, 0.25) is 0 Å². The summed E-state index contributed by atoms with van der Waals surface area (Å²) in [5.41, 5.74) is 0.429. The van der Waals surface area contributed by atoms with E-state index in [0.717, 1.165) is 19.3 Å². The Labute approximate surface area is 120 Å². The van der Waals surface area contributed by atoms with Crippen LogP contribution in [0.15, 0.2) is 12.3 Å². The average molecular weight is 276 g/mol. The maximum atomic E-state index is 12.0. The largest absolute Gasteiger partial charge is 0.351 e. The predicted molar refractivity (Wildman–Crippen MR) is 79.7 cm³/mol. The highest BCUT2D eigenvalue weighted by molar-refractivity contribution is 5.92. The van der Waals surface area contributed by atoms with E-state index < -0.39 is 0 Å². The summed E-state index contributed by atoms with van der Waals surface area (Å²) in [6.45, 7) is 4.03. The molecule has 2 rings (SSSR count). The summed E-state index contributed by atoms with van der Waals surface area (Å²) in [6, 6.07) is 2.26. The number of carbonyl (C=O) groups is 1. The van der Waals surface area contributed by atoms with Gasteiger partial charge in [0, 0.05) is 18.3 Å². The van der Waals surface area contributed by atoms with Crippen LogP contribution in [0.25, 0.3) is 0 Å². The number of hydrogen-bond donors (Lipinski definition) is 2. The van der Waals surface area contributed by atoms with E-state index >= 15 is 0 Å². The van der Waals surface area contributed by atoms with E-state index in [9.17, 15) is 4.79 Å². The predicted octanol–water partition coefficient (Wildman–Crippen LogP) is 2.75. The van der Waals surface area contributed by atoms with Crippen molar-refractivity contribution in [2.45, 2.75) is 64.5 Å². The van der Waals surface area contributed by atoms with Gasteiger partial charge in [0.1, 0.15) is 5.69 Å². The Bertz CT molecular complexity index is 443. The molecule has 5 heteroatoms. The van der Waals surface area contributed by atoms with Crippen LogP contribution < -0.4 is 10.6 Å². The fourth-order valence-electron chi connectivity index (χ4n) is 2.38. The van der Waals surface area contributed by atoms with E-state index in [-0.39, 0.29) is 11.9 Å². The minimum absolute atomic E-state index is 0.131. The van der Waals surface area contributed by atoms with Gasteiger partial charge in [0.05, 0.1) is 0 Å². The number of aromatic nitrogens is 2. The number of amides is 1. The summed E-state index contributed by atoms with van der Waals surface area (Å²) in [6.07, 6.45) is 8.70. The standard InChI is InChI=1S/C15H24N4O/c1-3-11(2)17-14(20)13-9-10-16-15(19-13)18-12-7-5-4-6-8-12/h9-12H,3-8H2,1-2H3,(H,17,20)(H,16,18,19). The smallest absolute Gasteiger partial charge is 0.270 e. The molecule has 1 aromatic heterocycles. The molecule has 0 bridgehead atoms. The zero-order valence-electron chi connectivity index (χ0n) is 12.4. The molecule has 1 heterocycles. The third-order valence-corrected chi connectivity index (χ3v) is 3.82. The van der Waals surface area contributed by atoms with Gasteiger partial charge in [-0.1, -0.05) is 26.2 Å². The fourth-order valence-corrected chi connectivity index (χ4v) is 2.38. The summed E-state index contributed by atoms with van der Waals surface area (Å²) in [7, 11) is 0. The van der Waals surface area contributed by atoms with E-state index in [1.807, 2.05) is 13.8 Å². The third kappa shape index (κ3) is 4.18. The molecular weight excluding hydrogens is 252 g/mol. The van der Waals surface area contributed by atoms with E-state index in [2.05, 4.69) is 20.6 Å². The Morgan fingerprint density at radius 2 is 2.15 bits per heavy atom. The van der Waals surface area contributed by atoms with E-state index in [1.54, 1.807) is 12.3 Å². The molecule has 1 aliphatic rings. The third-order valence-electron chi connectivity index (χ3n) is 3.82. The molecule has 5 nitrogen and oxygen atoms in total. The van der Waals surface area contributed by atoms with Crippen molar-refractivity contribution in [1.29, 1.82) is 0 Å². The van der Waals surface area contributed by atoms with Gasteiger partial charge < -0.3 is 10.6 Å². The van der Waals surface area contributed by atoms with Gasteiger partial charge in [0.15, 0.2) is 0 Å². The molecule has 0 spiro atoms. The minimum atomic E-state index is -0.131. The van der Waals surface area contributed by atoms with Crippen LogP contribution in [0.4, 0.5) is 5.95 Å². The molecule has 1 saturated carbocycles. The van der Waals surface area contributed by atoms with Crippen molar-refractivity contribution in [3.05, 3.63) is 18.0 Å². The average Bonchev–Trinajstić information content (AvgIpc) is 2.48. The molecule has 0 aliphatic heterocycles. The first-order valence-electron chi connectivity index (χ1n) is 7.59. The zero-order valence-corrected chi connectivity index (χ0v) is 12.4. The van der Waals surface area contributed by atoms with Gasteiger partial charge >= 0.3 is 0 Å². The van der Waals surface area contributed by atoms with Crippen molar-refractivity contribution in [2.75, 3.05) is 5.32 Å². The second-order valence-electron chi connectivity index (χ2n) is 5.53.